The zero-order chi connectivity index (χ0) is 17.8. The van der Waals surface area contributed by atoms with Crippen LogP contribution in [0, 0.1) is 0 Å². The topological polar surface area (TPSA) is 58.4 Å². The molecule has 1 aromatic carbocycles. The van der Waals surface area contributed by atoms with Crippen molar-refractivity contribution < 1.29 is 9.32 Å². The quantitative estimate of drug-likeness (QED) is 0.705. The van der Waals surface area contributed by atoms with Crippen LogP contribution in [0.4, 0.5) is 0 Å². The highest BCUT2D eigenvalue weighted by molar-refractivity contribution is 7.13. The van der Waals surface area contributed by atoms with Crippen molar-refractivity contribution in [1.82, 2.24) is 15.4 Å². The average molecular weight is 376 g/mol. The first-order chi connectivity index (χ1) is 12.0. The number of likely N-dealkylation sites (N-methyl/N-ethyl adjacent to an activating group) is 1. The van der Waals surface area contributed by atoms with Gasteiger partial charge in [-0.3, -0.25) is 4.79 Å². The molecule has 7 heteroatoms. The fraction of sp³-hybridized carbons (Fsp3) is 0.222. The second kappa shape index (κ2) is 7.82. The van der Waals surface area contributed by atoms with E-state index in [2.05, 4.69) is 10.5 Å². The van der Waals surface area contributed by atoms with E-state index in [1.54, 1.807) is 6.07 Å². The lowest BCUT2D eigenvalue weighted by molar-refractivity contribution is 0.0933. The Bertz CT molecular complexity index is 828. The summed E-state index contributed by atoms with van der Waals surface area (Å²) < 4.78 is 5.26. The number of aromatic nitrogens is 1. The van der Waals surface area contributed by atoms with Crippen LogP contribution in [0.25, 0.3) is 10.6 Å². The maximum Gasteiger partial charge on any atom is 0.273 e. The molecule has 0 aliphatic carbocycles. The monoisotopic (exact) mass is 375 g/mol. The van der Waals surface area contributed by atoms with Crippen LogP contribution < -0.4 is 5.32 Å². The van der Waals surface area contributed by atoms with Gasteiger partial charge in [0.2, 0.25) is 0 Å². The lowest BCUT2D eigenvalue weighted by Crippen LogP contribution is -2.34. The Morgan fingerprint density at radius 1 is 1.32 bits per heavy atom. The molecule has 3 rings (SSSR count). The van der Waals surface area contributed by atoms with Crippen LogP contribution in [0.1, 0.15) is 22.1 Å². The summed E-state index contributed by atoms with van der Waals surface area (Å²) in [6, 6.07) is 13.2. The Hall–Kier alpha value is -2.15. The molecule has 25 heavy (non-hydrogen) atoms. The van der Waals surface area contributed by atoms with Crippen molar-refractivity contribution in [1.29, 1.82) is 0 Å². The van der Waals surface area contributed by atoms with Gasteiger partial charge in [0.05, 0.1) is 10.9 Å². The highest BCUT2D eigenvalue weighted by Gasteiger charge is 2.18. The van der Waals surface area contributed by atoms with E-state index in [4.69, 9.17) is 16.1 Å². The van der Waals surface area contributed by atoms with Crippen molar-refractivity contribution in [3.8, 4) is 10.6 Å². The fourth-order valence-corrected chi connectivity index (χ4v) is 3.28. The van der Waals surface area contributed by atoms with Crippen LogP contribution in [0.5, 0.6) is 0 Å². The van der Waals surface area contributed by atoms with E-state index in [-0.39, 0.29) is 17.6 Å². The molecular weight excluding hydrogens is 358 g/mol. The third-order valence-electron chi connectivity index (χ3n) is 3.84. The minimum Gasteiger partial charge on any atom is -0.355 e. The molecule has 1 N–H and O–H groups in total. The summed E-state index contributed by atoms with van der Waals surface area (Å²) in [4.78, 5) is 15.4. The highest BCUT2D eigenvalue weighted by Crippen LogP contribution is 2.25. The maximum atomic E-state index is 12.4. The largest absolute Gasteiger partial charge is 0.355 e. The number of halogens is 1. The lowest BCUT2D eigenvalue weighted by atomic mass is 10.1. The van der Waals surface area contributed by atoms with Crippen LogP contribution in [0.2, 0.25) is 5.02 Å². The molecule has 1 amide bonds. The Morgan fingerprint density at radius 3 is 2.72 bits per heavy atom. The van der Waals surface area contributed by atoms with Gasteiger partial charge < -0.3 is 14.7 Å². The van der Waals surface area contributed by atoms with Crippen LogP contribution in [0.3, 0.4) is 0 Å². The van der Waals surface area contributed by atoms with Gasteiger partial charge in [0, 0.05) is 17.6 Å². The summed E-state index contributed by atoms with van der Waals surface area (Å²) in [6.45, 7) is 0.453. The third-order valence-corrected chi connectivity index (χ3v) is 4.98. The van der Waals surface area contributed by atoms with Crippen molar-refractivity contribution in [3.05, 3.63) is 64.1 Å². The first-order valence-electron chi connectivity index (χ1n) is 7.75. The van der Waals surface area contributed by atoms with Crippen molar-refractivity contribution >= 4 is 28.8 Å². The summed E-state index contributed by atoms with van der Waals surface area (Å²) in [7, 11) is 3.94. The Balaban J connectivity index is 1.66. The molecule has 0 unspecified atom stereocenters. The third kappa shape index (κ3) is 4.28. The zero-order valence-corrected chi connectivity index (χ0v) is 15.5. The van der Waals surface area contributed by atoms with Gasteiger partial charge in [-0.2, -0.15) is 0 Å². The van der Waals surface area contributed by atoms with Crippen molar-refractivity contribution in [2.24, 2.45) is 0 Å². The summed E-state index contributed by atoms with van der Waals surface area (Å²) in [5.74, 6) is 0.342. The SMILES string of the molecule is CN(C)[C@@H](CNC(=O)c1cc(-c2cccs2)on1)c1ccc(Cl)cc1. The molecule has 1 atom stereocenters. The average Bonchev–Trinajstić information content (AvgIpc) is 3.27. The first-order valence-corrected chi connectivity index (χ1v) is 9.01. The highest BCUT2D eigenvalue weighted by atomic mass is 35.5. The summed E-state index contributed by atoms with van der Waals surface area (Å²) in [6.07, 6.45) is 0. The van der Waals surface area contributed by atoms with Gasteiger partial charge in [-0.15, -0.1) is 11.3 Å². The van der Waals surface area contributed by atoms with Crippen LogP contribution >= 0.6 is 22.9 Å². The number of nitrogens with one attached hydrogen (secondary N) is 1. The normalized spacial score (nSPS) is 12.3. The minimum atomic E-state index is -0.257. The lowest BCUT2D eigenvalue weighted by Gasteiger charge is -2.25. The summed E-state index contributed by atoms with van der Waals surface area (Å²) >= 11 is 7.49. The Morgan fingerprint density at radius 2 is 2.08 bits per heavy atom. The molecule has 0 aliphatic heterocycles. The fourth-order valence-electron chi connectivity index (χ4n) is 2.48. The number of amides is 1. The second-order valence-electron chi connectivity index (χ2n) is 5.79. The van der Waals surface area contributed by atoms with E-state index in [0.29, 0.717) is 17.3 Å². The number of thiophene rings is 1. The smallest absolute Gasteiger partial charge is 0.273 e. The van der Waals surface area contributed by atoms with Crippen molar-refractivity contribution in [3.63, 3.8) is 0 Å². The van der Waals surface area contributed by atoms with E-state index in [9.17, 15) is 4.79 Å². The first kappa shape index (κ1) is 17.7. The van der Waals surface area contributed by atoms with Crippen LogP contribution in [0.15, 0.2) is 52.4 Å². The van der Waals surface area contributed by atoms with E-state index in [1.807, 2.05) is 60.8 Å². The number of rotatable bonds is 6. The molecule has 130 valence electrons. The molecule has 5 nitrogen and oxygen atoms in total. The van der Waals surface area contributed by atoms with Gasteiger partial charge in [0.25, 0.3) is 5.91 Å². The number of hydrogen-bond donors (Lipinski definition) is 1. The standard InChI is InChI=1S/C18H18ClN3O2S/c1-22(2)15(12-5-7-13(19)8-6-12)11-20-18(23)14-10-16(24-21-14)17-4-3-9-25-17/h3-10,15H,11H2,1-2H3,(H,20,23)/t15-/m0/s1. The Labute approximate surface area is 155 Å². The molecule has 0 radical (unpaired) electrons. The van der Waals surface area contributed by atoms with Crippen molar-refractivity contribution in [2.75, 3.05) is 20.6 Å². The van der Waals surface area contributed by atoms with Crippen LogP contribution in [-0.2, 0) is 0 Å². The van der Waals surface area contributed by atoms with Gasteiger partial charge in [-0.05, 0) is 43.2 Å². The Kier molecular flexibility index (Phi) is 5.53. The number of nitrogens with zero attached hydrogens (tertiary/aromatic N) is 2. The zero-order valence-electron chi connectivity index (χ0n) is 13.9. The number of carbonyl (C=O) groups is 1. The maximum absolute atomic E-state index is 12.4. The van der Waals surface area contributed by atoms with Crippen LogP contribution in [-0.4, -0.2) is 36.6 Å². The number of benzene rings is 1. The molecule has 0 saturated carbocycles. The predicted octanol–water partition coefficient (Wildman–Crippen LogP) is 4.09. The van der Waals surface area contributed by atoms with E-state index >= 15 is 0 Å². The van der Waals surface area contributed by atoms with Gasteiger partial charge in [-0.1, -0.05) is 35.0 Å². The molecule has 0 aliphatic rings. The van der Waals surface area contributed by atoms with E-state index in [0.717, 1.165) is 10.4 Å². The van der Waals surface area contributed by atoms with Crippen molar-refractivity contribution in [2.45, 2.75) is 6.04 Å². The molecular formula is C18H18ClN3O2S. The number of carbonyl (C=O) groups excluding carboxylic acids is 1. The molecule has 0 fully saturated rings. The minimum absolute atomic E-state index is 0.0323. The molecule has 2 heterocycles. The van der Waals surface area contributed by atoms with Gasteiger partial charge in [0.1, 0.15) is 0 Å². The molecule has 3 aromatic rings. The summed E-state index contributed by atoms with van der Waals surface area (Å²) in [5, 5.41) is 9.43. The van der Waals surface area contributed by atoms with Gasteiger partial charge >= 0.3 is 0 Å². The summed E-state index contributed by atoms with van der Waals surface area (Å²) in [5.41, 5.74) is 1.35. The van der Waals surface area contributed by atoms with E-state index < -0.39 is 0 Å². The molecule has 0 saturated heterocycles. The van der Waals surface area contributed by atoms with Gasteiger partial charge in [0.15, 0.2) is 11.5 Å². The predicted molar refractivity (Wildman–Crippen MR) is 100 cm³/mol. The van der Waals surface area contributed by atoms with E-state index in [1.165, 1.54) is 11.3 Å². The van der Waals surface area contributed by atoms with Gasteiger partial charge in [-0.25, -0.2) is 0 Å². The molecule has 0 bridgehead atoms. The molecule has 0 spiro atoms. The number of hydrogen-bond acceptors (Lipinski definition) is 5. The molecule has 2 aromatic heterocycles. The second-order valence-corrected chi connectivity index (χ2v) is 7.18.